The molecule has 2 heterocycles. The van der Waals surface area contributed by atoms with E-state index in [1.54, 1.807) is 29.1 Å². The van der Waals surface area contributed by atoms with Crippen LogP contribution >= 0.6 is 11.9 Å². The van der Waals surface area contributed by atoms with Gasteiger partial charge in [-0.25, -0.2) is 13.3 Å². The Morgan fingerprint density at radius 2 is 2.16 bits per heavy atom. The third kappa shape index (κ3) is 4.96. The van der Waals surface area contributed by atoms with Gasteiger partial charge in [-0.1, -0.05) is 23.4 Å². The van der Waals surface area contributed by atoms with E-state index in [2.05, 4.69) is 25.0 Å². The van der Waals surface area contributed by atoms with Crippen LogP contribution < -0.4 is 9.44 Å². The van der Waals surface area contributed by atoms with E-state index in [0.717, 1.165) is 34.0 Å². The number of benzene rings is 2. The molecule has 4 rings (SSSR count). The molecule has 0 bridgehead atoms. The van der Waals surface area contributed by atoms with Crippen molar-refractivity contribution in [3.8, 4) is 11.7 Å². The van der Waals surface area contributed by atoms with Gasteiger partial charge < -0.3 is 9.25 Å². The SMILES string of the molecule is C#CS(=O)NCc1cnn(Cc2cc(C)c3c(NSc4ccccc4F)noc3c2)c1. The number of nitrogens with one attached hydrogen (secondary N) is 2. The number of hydrogen-bond donors (Lipinski definition) is 2. The molecule has 0 aliphatic heterocycles. The molecule has 0 saturated carbocycles. The van der Waals surface area contributed by atoms with Crippen LogP contribution in [0.25, 0.3) is 11.0 Å². The number of aryl methyl sites for hydroxylation is 1. The van der Waals surface area contributed by atoms with E-state index in [4.69, 9.17) is 10.9 Å². The molecule has 0 radical (unpaired) electrons. The Morgan fingerprint density at radius 3 is 2.97 bits per heavy atom. The highest BCUT2D eigenvalue weighted by Gasteiger charge is 2.14. The summed E-state index contributed by atoms with van der Waals surface area (Å²) in [5.41, 5.74) is 3.47. The molecular formula is C21H18FN5O2S2. The average Bonchev–Trinajstić information content (AvgIpc) is 3.38. The predicted octanol–water partition coefficient (Wildman–Crippen LogP) is 3.98. The van der Waals surface area contributed by atoms with Gasteiger partial charge in [0.1, 0.15) is 5.82 Å². The quantitative estimate of drug-likeness (QED) is 0.309. The number of terminal acetylenes is 1. The Balaban J connectivity index is 1.48. The van der Waals surface area contributed by atoms with Gasteiger partial charge in [0.15, 0.2) is 22.4 Å². The lowest BCUT2D eigenvalue weighted by Gasteiger charge is -2.06. The number of nitrogens with zero attached hydrogens (tertiary/aromatic N) is 3. The van der Waals surface area contributed by atoms with E-state index >= 15 is 0 Å². The number of anilines is 1. The molecule has 2 N–H and O–H groups in total. The summed E-state index contributed by atoms with van der Waals surface area (Å²) in [5, 5.41) is 11.4. The van der Waals surface area contributed by atoms with Crippen molar-refractivity contribution in [2.75, 3.05) is 4.72 Å². The smallest absolute Gasteiger partial charge is 0.187 e. The summed E-state index contributed by atoms with van der Waals surface area (Å²) >= 11 is 1.14. The van der Waals surface area contributed by atoms with Crippen LogP contribution in [-0.4, -0.2) is 19.1 Å². The van der Waals surface area contributed by atoms with Gasteiger partial charge in [-0.3, -0.25) is 4.68 Å². The van der Waals surface area contributed by atoms with Crippen molar-refractivity contribution < 1.29 is 13.1 Å². The first-order chi connectivity index (χ1) is 15.0. The Morgan fingerprint density at radius 1 is 1.32 bits per heavy atom. The van der Waals surface area contributed by atoms with Crippen LogP contribution in [-0.2, 0) is 24.1 Å². The monoisotopic (exact) mass is 455 g/mol. The fourth-order valence-corrected chi connectivity index (χ4v) is 4.14. The molecule has 0 saturated heterocycles. The van der Waals surface area contributed by atoms with Gasteiger partial charge >= 0.3 is 0 Å². The fourth-order valence-electron chi connectivity index (χ4n) is 3.10. The molecule has 1 atom stereocenters. The lowest BCUT2D eigenvalue weighted by Crippen LogP contribution is -2.14. The number of aromatic nitrogens is 3. The molecular weight excluding hydrogens is 437 g/mol. The number of halogens is 1. The Hall–Kier alpha value is -3.13. The van der Waals surface area contributed by atoms with Crippen molar-refractivity contribution in [1.29, 1.82) is 0 Å². The van der Waals surface area contributed by atoms with Gasteiger partial charge in [0.2, 0.25) is 0 Å². The van der Waals surface area contributed by atoms with Crippen LogP contribution in [0.15, 0.2) is 58.2 Å². The topological polar surface area (TPSA) is 85.0 Å². The zero-order valence-electron chi connectivity index (χ0n) is 16.5. The lowest BCUT2D eigenvalue weighted by molar-refractivity contribution is 0.460. The summed E-state index contributed by atoms with van der Waals surface area (Å²) in [4.78, 5) is 0.475. The van der Waals surface area contributed by atoms with Crippen LogP contribution in [0.4, 0.5) is 10.2 Å². The zero-order valence-corrected chi connectivity index (χ0v) is 18.1. The first-order valence-corrected chi connectivity index (χ1v) is 11.2. The molecule has 2 aromatic heterocycles. The molecule has 31 heavy (non-hydrogen) atoms. The van der Waals surface area contributed by atoms with Crippen LogP contribution in [0, 0.1) is 24.4 Å². The minimum Gasteiger partial charge on any atom is -0.354 e. The van der Waals surface area contributed by atoms with E-state index in [1.807, 2.05) is 25.3 Å². The van der Waals surface area contributed by atoms with Gasteiger partial charge in [-0.15, -0.1) is 6.42 Å². The van der Waals surface area contributed by atoms with E-state index < -0.39 is 11.0 Å². The minimum absolute atomic E-state index is 0.300. The first kappa shape index (κ1) is 21.1. The molecule has 10 heteroatoms. The Bertz CT molecular complexity index is 1290. The van der Waals surface area contributed by atoms with Crippen LogP contribution in [0.3, 0.4) is 0 Å². The van der Waals surface area contributed by atoms with Gasteiger partial charge in [-0.2, -0.15) is 5.10 Å². The normalized spacial score (nSPS) is 12.0. The second-order valence-corrected chi connectivity index (χ2v) is 8.62. The molecule has 158 valence electrons. The Labute approximate surface area is 185 Å². The maximum absolute atomic E-state index is 13.8. The summed E-state index contributed by atoms with van der Waals surface area (Å²) in [7, 11) is -1.50. The molecule has 0 amide bonds. The Kier molecular flexibility index (Phi) is 6.36. The summed E-state index contributed by atoms with van der Waals surface area (Å²) in [6, 6.07) is 10.5. The molecule has 4 aromatic rings. The van der Waals surface area contributed by atoms with Gasteiger partial charge in [-0.05, 0) is 48.2 Å². The summed E-state index contributed by atoms with van der Waals surface area (Å²) in [6.07, 6.45) is 8.65. The van der Waals surface area contributed by atoms with E-state index in [9.17, 15) is 8.60 Å². The maximum atomic E-state index is 13.8. The minimum atomic E-state index is -1.50. The third-order valence-electron chi connectivity index (χ3n) is 4.47. The van der Waals surface area contributed by atoms with Crippen molar-refractivity contribution in [3.05, 3.63) is 71.3 Å². The van der Waals surface area contributed by atoms with Crippen molar-refractivity contribution in [2.45, 2.75) is 24.9 Å². The van der Waals surface area contributed by atoms with Gasteiger partial charge in [0, 0.05) is 23.6 Å². The summed E-state index contributed by atoms with van der Waals surface area (Å²) < 4.78 is 38.2. The van der Waals surface area contributed by atoms with Crippen molar-refractivity contribution in [2.24, 2.45) is 0 Å². The van der Waals surface area contributed by atoms with Crippen LogP contribution in [0.1, 0.15) is 16.7 Å². The molecule has 2 aromatic carbocycles. The highest BCUT2D eigenvalue weighted by molar-refractivity contribution is 8.00. The van der Waals surface area contributed by atoms with Gasteiger partial charge in [0.05, 0.1) is 23.0 Å². The maximum Gasteiger partial charge on any atom is 0.187 e. The summed E-state index contributed by atoms with van der Waals surface area (Å²) in [5.74, 6) is 0.243. The fraction of sp³-hybridized carbons (Fsp3) is 0.143. The van der Waals surface area contributed by atoms with Crippen LogP contribution in [0.2, 0.25) is 0 Å². The standard InChI is InChI=1S/C21H18FN5O2S2/c1-3-31(28)24-11-16-10-23-27(13-16)12-15-8-14(2)20-18(9-15)29-25-21(20)26-30-19-7-5-4-6-17(19)22/h1,4-10,13,24H,11-12H2,2H3,(H,25,26). The molecule has 7 nitrogen and oxygen atoms in total. The number of rotatable bonds is 8. The van der Waals surface area contributed by atoms with Crippen LogP contribution in [0.5, 0.6) is 0 Å². The van der Waals surface area contributed by atoms with Crippen molar-refractivity contribution in [1.82, 2.24) is 19.7 Å². The van der Waals surface area contributed by atoms with E-state index in [1.165, 1.54) is 6.07 Å². The largest absolute Gasteiger partial charge is 0.354 e. The highest BCUT2D eigenvalue weighted by Crippen LogP contribution is 2.31. The third-order valence-corrected chi connectivity index (χ3v) is 5.94. The summed E-state index contributed by atoms with van der Waals surface area (Å²) in [6.45, 7) is 2.86. The zero-order chi connectivity index (χ0) is 21.8. The number of hydrogen-bond acceptors (Lipinski definition) is 6. The lowest BCUT2D eigenvalue weighted by atomic mass is 10.1. The number of fused-ring (bicyclic) bond motifs is 1. The van der Waals surface area contributed by atoms with Crippen molar-refractivity contribution >= 4 is 39.7 Å². The second-order valence-electron chi connectivity index (χ2n) is 6.71. The molecule has 0 spiro atoms. The predicted molar refractivity (Wildman–Crippen MR) is 120 cm³/mol. The molecule has 1 unspecified atom stereocenters. The molecule has 0 fully saturated rings. The van der Waals surface area contributed by atoms with Gasteiger partial charge in [0.25, 0.3) is 0 Å². The van der Waals surface area contributed by atoms with E-state index in [-0.39, 0.29) is 5.82 Å². The highest BCUT2D eigenvalue weighted by atomic mass is 32.2. The van der Waals surface area contributed by atoms with Crippen molar-refractivity contribution in [3.63, 3.8) is 0 Å². The molecule has 0 aliphatic carbocycles. The molecule has 0 aliphatic rings. The first-order valence-electron chi connectivity index (χ1n) is 9.22. The van der Waals surface area contributed by atoms with E-state index in [0.29, 0.717) is 29.4 Å². The second kappa shape index (κ2) is 9.34. The average molecular weight is 456 g/mol.